The van der Waals surface area contributed by atoms with Crippen molar-refractivity contribution in [3.8, 4) is 0 Å². The number of amides is 4. The van der Waals surface area contributed by atoms with E-state index in [9.17, 15) is 28.8 Å². The summed E-state index contributed by atoms with van der Waals surface area (Å²) in [5, 5.41) is 25.9. The Hall–Kier alpha value is -3.44. The van der Waals surface area contributed by atoms with Crippen LogP contribution in [-0.4, -0.2) is 72.0 Å². The van der Waals surface area contributed by atoms with Crippen molar-refractivity contribution < 1.29 is 39.0 Å². The Morgan fingerprint density at radius 2 is 1.03 bits per heavy atom. The fourth-order valence-corrected chi connectivity index (χ4v) is 2.41. The highest BCUT2D eigenvalue weighted by Crippen LogP contribution is 2.08. The maximum atomic E-state index is 11.6. The predicted octanol–water partition coefficient (Wildman–Crippen LogP) is -0.703. The maximum absolute atomic E-state index is 11.6. The number of carbonyl (C=O) groups is 6. The minimum atomic E-state index is -1.16. The van der Waals surface area contributed by atoms with Crippen LogP contribution in [0.1, 0.15) is 51.4 Å². The second-order valence-electron chi connectivity index (χ2n) is 6.90. The van der Waals surface area contributed by atoms with Crippen LogP contribution in [0.4, 0.5) is 0 Å². The number of rotatable bonds is 18. The van der Waals surface area contributed by atoms with Crippen molar-refractivity contribution >= 4 is 35.6 Å². The third-order valence-electron chi connectivity index (χ3n) is 4.04. The van der Waals surface area contributed by atoms with Gasteiger partial charge in [-0.25, -0.2) is 0 Å². The van der Waals surface area contributed by atoms with Crippen LogP contribution in [-0.2, 0) is 28.8 Å². The number of aliphatic carboxylic acids is 2. The van der Waals surface area contributed by atoms with E-state index in [0.29, 0.717) is 19.3 Å². The van der Waals surface area contributed by atoms with Gasteiger partial charge >= 0.3 is 11.9 Å². The quantitative estimate of drug-likeness (QED) is 0.115. The molecule has 0 unspecified atom stereocenters. The van der Waals surface area contributed by atoms with Gasteiger partial charge in [-0.15, -0.1) is 0 Å². The fourth-order valence-electron chi connectivity index (χ4n) is 2.41. The Balaban J connectivity index is 3.56. The van der Waals surface area contributed by atoms with Crippen LogP contribution in [0.15, 0.2) is 12.2 Å². The molecule has 0 saturated carbocycles. The lowest BCUT2D eigenvalue weighted by molar-refractivity contribution is -0.138. The molecule has 180 valence electrons. The van der Waals surface area contributed by atoms with Gasteiger partial charge in [0.1, 0.15) is 13.1 Å². The zero-order valence-electron chi connectivity index (χ0n) is 18.0. The molecule has 0 aliphatic heterocycles. The molecule has 0 aromatic carbocycles. The van der Waals surface area contributed by atoms with Crippen molar-refractivity contribution in [1.82, 2.24) is 21.3 Å². The first kappa shape index (κ1) is 28.6. The van der Waals surface area contributed by atoms with Gasteiger partial charge in [-0.1, -0.05) is 31.8 Å². The van der Waals surface area contributed by atoms with Crippen LogP contribution in [0.5, 0.6) is 0 Å². The van der Waals surface area contributed by atoms with Crippen molar-refractivity contribution in [3.63, 3.8) is 0 Å². The zero-order chi connectivity index (χ0) is 24.2. The van der Waals surface area contributed by atoms with E-state index >= 15 is 0 Å². The van der Waals surface area contributed by atoms with E-state index in [4.69, 9.17) is 10.2 Å². The maximum Gasteiger partial charge on any atom is 0.322 e. The summed E-state index contributed by atoms with van der Waals surface area (Å²) in [5.41, 5.74) is 0. The minimum Gasteiger partial charge on any atom is -0.480 e. The number of carboxylic acids is 2. The standard InChI is InChI=1S/C20H32N4O8/c25-15(21-11-17(27)23-13-19(29)30)9-7-5-3-1-2-4-6-8-10-16(26)22-12-18(28)24-14-20(31)32/h7,9H,1-6,8,10-14H2,(H,21,25)(H,22,26)(H,23,27)(H,24,28)(H,29,30)(H,31,32)/b9-7+. The van der Waals surface area contributed by atoms with Crippen molar-refractivity contribution in [2.75, 3.05) is 26.2 Å². The highest BCUT2D eigenvalue weighted by Gasteiger charge is 2.07. The molecule has 0 aliphatic rings. The number of carboxylic acid groups (broad SMARTS) is 2. The molecule has 6 N–H and O–H groups in total. The molecule has 0 spiro atoms. The highest BCUT2D eigenvalue weighted by molar-refractivity contribution is 5.91. The van der Waals surface area contributed by atoms with Gasteiger partial charge in [0.2, 0.25) is 23.6 Å². The number of nitrogens with one attached hydrogen (secondary N) is 4. The molecular weight excluding hydrogens is 424 g/mol. The second kappa shape index (κ2) is 18.3. The Bertz CT molecular complexity index is 679. The molecule has 0 saturated heterocycles. The molecule has 0 aromatic heterocycles. The van der Waals surface area contributed by atoms with Crippen molar-refractivity contribution in [2.45, 2.75) is 51.4 Å². The molecule has 32 heavy (non-hydrogen) atoms. The molecule has 4 amide bonds. The van der Waals surface area contributed by atoms with Crippen LogP contribution in [0.25, 0.3) is 0 Å². The summed E-state index contributed by atoms with van der Waals surface area (Å²) in [6.45, 7) is -1.50. The Morgan fingerprint density at radius 3 is 1.59 bits per heavy atom. The number of hydrogen-bond donors (Lipinski definition) is 6. The molecule has 0 rings (SSSR count). The average molecular weight is 456 g/mol. The van der Waals surface area contributed by atoms with Gasteiger partial charge in [-0.3, -0.25) is 28.8 Å². The molecule has 0 heterocycles. The van der Waals surface area contributed by atoms with E-state index in [1.165, 1.54) is 6.08 Å². The smallest absolute Gasteiger partial charge is 0.322 e. The van der Waals surface area contributed by atoms with Gasteiger partial charge in [0.15, 0.2) is 0 Å². The number of hydrogen-bond acceptors (Lipinski definition) is 6. The summed E-state index contributed by atoms with van der Waals surface area (Å²) in [6.07, 6.45) is 9.46. The molecule has 12 nitrogen and oxygen atoms in total. The van der Waals surface area contributed by atoms with Crippen LogP contribution in [0.3, 0.4) is 0 Å². The summed E-state index contributed by atoms with van der Waals surface area (Å²) in [6, 6.07) is 0. The van der Waals surface area contributed by atoms with Gasteiger partial charge in [0.25, 0.3) is 0 Å². The first-order chi connectivity index (χ1) is 15.2. The Kier molecular flexibility index (Phi) is 16.4. The van der Waals surface area contributed by atoms with E-state index in [1.807, 2.05) is 0 Å². The van der Waals surface area contributed by atoms with Gasteiger partial charge < -0.3 is 31.5 Å². The van der Waals surface area contributed by atoms with E-state index in [-0.39, 0.29) is 19.0 Å². The molecule has 0 atom stereocenters. The summed E-state index contributed by atoms with van der Waals surface area (Å²) in [7, 11) is 0. The topological polar surface area (TPSA) is 191 Å². The number of unbranched alkanes of at least 4 members (excludes halogenated alkanes) is 6. The molecule has 0 radical (unpaired) electrons. The van der Waals surface area contributed by atoms with Crippen molar-refractivity contribution in [1.29, 1.82) is 0 Å². The van der Waals surface area contributed by atoms with Crippen LogP contribution < -0.4 is 21.3 Å². The number of carbonyl (C=O) groups excluding carboxylic acids is 4. The number of allylic oxidation sites excluding steroid dienone is 1. The van der Waals surface area contributed by atoms with E-state index in [1.54, 1.807) is 6.08 Å². The largest absolute Gasteiger partial charge is 0.480 e. The summed E-state index contributed by atoms with van der Waals surface area (Å²) in [4.78, 5) is 66.2. The molecule has 0 bridgehead atoms. The molecule has 0 aliphatic carbocycles. The van der Waals surface area contributed by atoms with Crippen LogP contribution in [0, 0.1) is 0 Å². The van der Waals surface area contributed by atoms with E-state index < -0.39 is 42.7 Å². The SMILES string of the molecule is O=C(O)CNC(=O)CNC(=O)/C=C/CCCCCCCCC(=O)NCC(=O)NCC(=O)O. The summed E-state index contributed by atoms with van der Waals surface area (Å²) in [5.74, 6) is -4.11. The van der Waals surface area contributed by atoms with E-state index in [0.717, 1.165) is 32.1 Å². The zero-order valence-corrected chi connectivity index (χ0v) is 18.0. The van der Waals surface area contributed by atoms with Gasteiger partial charge in [0.05, 0.1) is 13.1 Å². The molecule has 0 aromatic rings. The molecule has 12 heteroatoms. The predicted molar refractivity (Wildman–Crippen MR) is 113 cm³/mol. The first-order valence-electron chi connectivity index (χ1n) is 10.4. The fraction of sp³-hybridized carbons (Fsp3) is 0.600. The molecule has 0 fully saturated rings. The average Bonchev–Trinajstić information content (AvgIpc) is 2.74. The monoisotopic (exact) mass is 456 g/mol. The second-order valence-corrected chi connectivity index (χ2v) is 6.90. The Morgan fingerprint density at radius 1 is 0.562 bits per heavy atom. The summed E-state index contributed by atoms with van der Waals surface area (Å²) < 4.78 is 0. The van der Waals surface area contributed by atoms with Gasteiger partial charge in [0, 0.05) is 6.42 Å². The minimum absolute atomic E-state index is 0.241. The van der Waals surface area contributed by atoms with Crippen molar-refractivity contribution in [3.05, 3.63) is 12.2 Å². The lowest BCUT2D eigenvalue weighted by Crippen LogP contribution is -2.38. The Labute approximate surface area is 186 Å². The molecular formula is C20H32N4O8. The normalized spacial score (nSPS) is 10.4. The third kappa shape index (κ3) is 19.9. The van der Waals surface area contributed by atoms with Gasteiger partial charge in [-0.2, -0.15) is 0 Å². The lowest BCUT2D eigenvalue weighted by Gasteiger charge is -2.05. The van der Waals surface area contributed by atoms with Crippen LogP contribution in [0.2, 0.25) is 0 Å². The lowest BCUT2D eigenvalue weighted by atomic mass is 10.1. The van der Waals surface area contributed by atoms with E-state index in [2.05, 4.69) is 21.3 Å². The highest BCUT2D eigenvalue weighted by atomic mass is 16.4. The van der Waals surface area contributed by atoms with Crippen molar-refractivity contribution in [2.24, 2.45) is 0 Å². The third-order valence-corrected chi connectivity index (χ3v) is 4.04. The first-order valence-corrected chi connectivity index (χ1v) is 10.4. The summed E-state index contributed by atoms with van der Waals surface area (Å²) >= 11 is 0. The van der Waals surface area contributed by atoms with Gasteiger partial charge in [-0.05, 0) is 25.3 Å². The van der Waals surface area contributed by atoms with Crippen LogP contribution >= 0.6 is 0 Å².